The quantitative estimate of drug-likeness (QED) is 0.209. The van der Waals surface area contributed by atoms with Crippen LogP contribution in [-0.4, -0.2) is 109 Å². The minimum Gasteiger partial charge on any atom is -0.394 e. The highest BCUT2D eigenvalue weighted by atomic mass is 16.7. The minimum absolute atomic E-state index is 0.00119. The zero-order valence-electron chi connectivity index (χ0n) is 33.6. The number of carbonyl (C=O) groups is 2. The first-order chi connectivity index (χ1) is 24.8. The van der Waals surface area contributed by atoms with Crippen molar-refractivity contribution in [1.82, 2.24) is 20.6 Å². The Morgan fingerprint density at radius 3 is 2.38 bits per heavy atom. The first-order valence-corrected chi connectivity index (χ1v) is 21.3. The van der Waals surface area contributed by atoms with Crippen LogP contribution in [0.1, 0.15) is 118 Å². The second kappa shape index (κ2) is 17.2. The van der Waals surface area contributed by atoms with Crippen molar-refractivity contribution in [3.63, 3.8) is 0 Å². The summed E-state index contributed by atoms with van der Waals surface area (Å²) >= 11 is 0. The average molecular weight is 731 g/mol. The number of carbonyl (C=O) groups excluding carboxylic acids is 2. The molecule has 6 aliphatic carbocycles. The van der Waals surface area contributed by atoms with Crippen molar-refractivity contribution in [3.8, 4) is 0 Å². The van der Waals surface area contributed by atoms with E-state index in [9.17, 15) is 19.8 Å². The predicted molar refractivity (Wildman–Crippen MR) is 203 cm³/mol. The number of methoxy groups -OCH3 is 1. The maximum Gasteiger partial charge on any atom is 0.240 e. The third-order valence-electron chi connectivity index (χ3n) is 15.7. The smallest absolute Gasteiger partial charge is 0.240 e. The molecule has 10 nitrogen and oxygen atoms in total. The topological polar surface area (TPSA) is 124 Å². The van der Waals surface area contributed by atoms with Crippen molar-refractivity contribution in [2.75, 3.05) is 40.9 Å². The number of amides is 2. The number of ether oxygens (including phenoxy) is 1. The van der Waals surface area contributed by atoms with Crippen LogP contribution in [0.5, 0.6) is 0 Å². The van der Waals surface area contributed by atoms with E-state index < -0.39 is 24.2 Å². The van der Waals surface area contributed by atoms with E-state index in [1.165, 1.54) is 38.5 Å². The molecule has 1 saturated heterocycles. The maximum atomic E-state index is 14.3. The molecule has 14 atom stereocenters. The molecule has 1 aliphatic heterocycles. The van der Waals surface area contributed by atoms with E-state index >= 15 is 0 Å². The number of nitrogens with one attached hydrogen (secondary N) is 2. The maximum absolute atomic E-state index is 14.3. The molecule has 7 rings (SSSR count). The summed E-state index contributed by atoms with van der Waals surface area (Å²) in [6.07, 6.45) is 14.4. The minimum atomic E-state index is -0.817. The van der Waals surface area contributed by atoms with E-state index in [0.717, 1.165) is 63.8 Å². The molecule has 0 aromatic rings. The summed E-state index contributed by atoms with van der Waals surface area (Å²) in [6, 6.07) is -0.243. The fourth-order valence-electron chi connectivity index (χ4n) is 12.4. The van der Waals surface area contributed by atoms with Gasteiger partial charge in [0.15, 0.2) is 0 Å². The third-order valence-corrected chi connectivity index (χ3v) is 15.7. The Labute approximate surface area is 314 Å². The van der Waals surface area contributed by atoms with E-state index in [2.05, 4.69) is 50.4 Å². The number of aliphatic hydroxyl groups is 2. The van der Waals surface area contributed by atoms with Gasteiger partial charge in [-0.2, -0.15) is 5.06 Å². The fourth-order valence-corrected chi connectivity index (χ4v) is 12.4. The molecular weight excluding hydrogens is 656 g/mol. The van der Waals surface area contributed by atoms with Crippen molar-refractivity contribution in [2.24, 2.45) is 58.7 Å². The lowest BCUT2D eigenvalue weighted by molar-refractivity contribution is -0.193. The fraction of sp³-hybridized carbons (Fsp3) is 0.952. The van der Waals surface area contributed by atoms with Crippen molar-refractivity contribution in [2.45, 2.75) is 154 Å². The number of aliphatic hydroxyl groups excluding tert-OH is 2. The van der Waals surface area contributed by atoms with Crippen LogP contribution >= 0.6 is 0 Å². The number of hydrogen-bond donors (Lipinski definition) is 4. The van der Waals surface area contributed by atoms with Gasteiger partial charge in [-0.25, -0.2) is 0 Å². The van der Waals surface area contributed by atoms with Gasteiger partial charge >= 0.3 is 0 Å². The van der Waals surface area contributed by atoms with E-state index in [1.807, 2.05) is 7.11 Å². The summed E-state index contributed by atoms with van der Waals surface area (Å²) < 4.78 is 6.40. The number of nitrogens with zero attached hydrogens (tertiary/aromatic N) is 2. The number of hydroxylamine groups is 2. The van der Waals surface area contributed by atoms with E-state index in [1.54, 1.807) is 12.0 Å². The van der Waals surface area contributed by atoms with Crippen LogP contribution in [0, 0.1) is 58.7 Å². The van der Waals surface area contributed by atoms with Gasteiger partial charge in [-0.15, -0.1) is 0 Å². The van der Waals surface area contributed by atoms with Gasteiger partial charge in [0, 0.05) is 50.0 Å². The molecule has 6 saturated carbocycles. The Balaban J connectivity index is 1.13. The van der Waals surface area contributed by atoms with Crippen molar-refractivity contribution >= 4 is 11.8 Å². The Morgan fingerprint density at radius 1 is 1.00 bits per heavy atom. The lowest BCUT2D eigenvalue weighted by Gasteiger charge is -2.62. The van der Waals surface area contributed by atoms with Gasteiger partial charge in [0.2, 0.25) is 11.8 Å². The molecule has 0 radical (unpaired) electrons. The number of hydrogen-bond acceptors (Lipinski definition) is 8. The van der Waals surface area contributed by atoms with Crippen molar-refractivity contribution in [3.05, 3.63) is 0 Å². The van der Waals surface area contributed by atoms with Crippen LogP contribution in [0.3, 0.4) is 0 Å². The molecule has 2 bridgehead atoms. The summed E-state index contributed by atoms with van der Waals surface area (Å²) in [4.78, 5) is 36.7. The molecule has 0 spiro atoms. The molecular formula is C42H74N4O6. The normalized spacial score (nSPS) is 41.7. The Bertz CT molecular complexity index is 1190. The second-order valence-corrected chi connectivity index (χ2v) is 19.2. The molecule has 6 unspecified atom stereocenters. The monoisotopic (exact) mass is 731 g/mol. The molecule has 298 valence electrons. The Kier molecular flexibility index (Phi) is 13.4. The highest BCUT2D eigenvalue weighted by Gasteiger charge is 2.58. The summed E-state index contributed by atoms with van der Waals surface area (Å²) in [5.74, 6) is 2.74. The molecule has 7 fully saturated rings. The molecule has 0 aromatic carbocycles. The van der Waals surface area contributed by atoms with E-state index in [-0.39, 0.29) is 42.4 Å². The molecule has 10 heteroatoms. The highest BCUT2D eigenvalue weighted by Crippen LogP contribution is 2.61. The summed E-state index contributed by atoms with van der Waals surface area (Å²) in [6.45, 7) is 9.76. The SMILES string of the molecule is COC1C(CN2O[C@@H](CO)[C@H]([C@H](C)O)[C@H]2C(=O)N[C@H]2C[C@H]3C[C@@H]([C@@H]2C)C3(C)C)CCCC1C1CC(C(=O)NCCC2CCCCC2)CC(N(C)C)C1. The van der Waals surface area contributed by atoms with Gasteiger partial charge in [-0.1, -0.05) is 59.3 Å². The summed E-state index contributed by atoms with van der Waals surface area (Å²) in [5, 5.41) is 30.0. The molecule has 2 amide bonds. The molecule has 4 N–H and O–H groups in total. The van der Waals surface area contributed by atoms with Gasteiger partial charge in [0.1, 0.15) is 12.1 Å². The van der Waals surface area contributed by atoms with Gasteiger partial charge in [-0.3, -0.25) is 14.4 Å². The largest absolute Gasteiger partial charge is 0.394 e. The Morgan fingerprint density at radius 2 is 1.75 bits per heavy atom. The van der Waals surface area contributed by atoms with E-state index in [4.69, 9.17) is 9.57 Å². The van der Waals surface area contributed by atoms with Crippen LogP contribution < -0.4 is 10.6 Å². The first-order valence-electron chi connectivity index (χ1n) is 21.3. The lowest BCUT2D eigenvalue weighted by atomic mass is 9.45. The molecule has 7 aliphatic rings. The number of rotatable bonds is 13. The zero-order chi connectivity index (χ0) is 37.3. The Hall–Kier alpha value is -1.30. The van der Waals surface area contributed by atoms with Crippen LogP contribution in [-0.2, 0) is 19.2 Å². The molecule has 1 heterocycles. The predicted octanol–water partition coefficient (Wildman–Crippen LogP) is 5.01. The first kappa shape index (κ1) is 40.4. The number of fused-ring (bicyclic) bond motifs is 2. The van der Waals surface area contributed by atoms with Crippen LogP contribution in [0.15, 0.2) is 0 Å². The standard InChI is InChI=1S/C42H74N4O6/c1-25-34-21-31(42(34,3)4)22-35(25)44-41(50)38-37(26(2)48)36(24-47)52-46(38)23-28-14-11-15-33(39(28)51-7)29-18-30(20-32(19-29)45(5)6)40(49)43-17-16-27-12-9-8-10-13-27/h25-39,47-48H,8-24H2,1-7H3,(H,43,49)(H,44,50)/t25-,26-,28?,29?,30?,31+,32?,33?,34-,35-,36-,37-,38-,39?/m0/s1. The highest BCUT2D eigenvalue weighted by molar-refractivity contribution is 5.83. The summed E-state index contributed by atoms with van der Waals surface area (Å²) in [7, 11) is 6.11. The van der Waals surface area contributed by atoms with Crippen LogP contribution in [0.25, 0.3) is 0 Å². The van der Waals surface area contributed by atoms with Gasteiger partial charge in [0.25, 0.3) is 0 Å². The second-order valence-electron chi connectivity index (χ2n) is 19.2. The third kappa shape index (κ3) is 8.42. The average Bonchev–Trinajstić information content (AvgIpc) is 3.51. The van der Waals surface area contributed by atoms with E-state index in [0.29, 0.717) is 47.6 Å². The van der Waals surface area contributed by atoms with Crippen LogP contribution in [0.2, 0.25) is 0 Å². The van der Waals surface area contributed by atoms with Gasteiger partial charge in [0.05, 0.1) is 18.8 Å². The van der Waals surface area contributed by atoms with Crippen molar-refractivity contribution in [1.29, 1.82) is 0 Å². The molecule has 52 heavy (non-hydrogen) atoms. The van der Waals surface area contributed by atoms with Gasteiger partial charge < -0.3 is 30.5 Å². The summed E-state index contributed by atoms with van der Waals surface area (Å²) in [5.41, 5.74) is 0.323. The van der Waals surface area contributed by atoms with Crippen LogP contribution in [0.4, 0.5) is 0 Å². The van der Waals surface area contributed by atoms with Crippen molar-refractivity contribution < 1.29 is 29.4 Å². The lowest BCUT2D eigenvalue weighted by Crippen LogP contribution is -2.62. The van der Waals surface area contributed by atoms with Gasteiger partial charge in [-0.05, 0) is 113 Å². The molecule has 0 aromatic heterocycles. The zero-order valence-corrected chi connectivity index (χ0v) is 33.6.